The molecule has 1 unspecified atom stereocenters. The maximum atomic E-state index is 11.0. The van der Waals surface area contributed by atoms with Crippen molar-refractivity contribution < 1.29 is 19.1 Å². The summed E-state index contributed by atoms with van der Waals surface area (Å²) >= 11 is 0. The first-order valence-corrected chi connectivity index (χ1v) is 4.69. The number of rotatable bonds is 6. The van der Waals surface area contributed by atoms with Crippen LogP contribution in [0.25, 0.3) is 0 Å². The quantitative estimate of drug-likeness (QED) is 0.625. The average Bonchev–Trinajstić information content (AvgIpc) is 2.15. The lowest BCUT2D eigenvalue weighted by atomic mass is 10.3. The molecule has 0 aliphatic carbocycles. The third-order valence-electron chi connectivity index (χ3n) is 1.47. The molecular formula is C9H17NO4. The summed E-state index contributed by atoms with van der Waals surface area (Å²) in [5, 5.41) is 0. The van der Waals surface area contributed by atoms with Gasteiger partial charge in [0, 0.05) is 6.42 Å². The molecule has 0 rings (SSSR count). The Morgan fingerprint density at radius 2 is 1.93 bits per heavy atom. The summed E-state index contributed by atoms with van der Waals surface area (Å²) in [6.45, 7) is 3.72. The Labute approximate surface area is 83.5 Å². The van der Waals surface area contributed by atoms with Gasteiger partial charge in [-0.15, -0.1) is 0 Å². The number of esters is 2. The van der Waals surface area contributed by atoms with Crippen molar-refractivity contribution in [2.24, 2.45) is 5.73 Å². The van der Waals surface area contributed by atoms with Crippen LogP contribution < -0.4 is 5.73 Å². The van der Waals surface area contributed by atoms with Gasteiger partial charge < -0.3 is 15.2 Å². The van der Waals surface area contributed by atoms with Crippen molar-refractivity contribution in [1.29, 1.82) is 0 Å². The maximum Gasteiger partial charge on any atom is 0.326 e. The van der Waals surface area contributed by atoms with Gasteiger partial charge in [-0.05, 0) is 13.3 Å². The maximum absolute atomic E-state index is 11.0. The second-order valence-electron chi connectivity index (χ2n) is 2.79. The van der Waals surface area contributed by atoms with Crippen molar-refractivity contribution in [2.45, 2.75) is 32.7 Å². The minimum Gasteiger partial charge on any atom is -0.465 e. The van der Waals surface area contributed by atoms with E-state index in [1.807, 2.05) is 6.92 Å². The molecule has 0 spiro atoms. The fraction of sp³-hybridized carbons (Fsp3) is 0.778. The third kappa shape index (κ3) is 5.53. The summed E-state index contributed by atoms with van der Waals surface area (Å²) in [5.41, 5.74) is 5.40. The minimum atomic E-state index is -0.879. The number of hydrogen-bond acceptors (Lipinski definition) is 5. The van der Waals surface area contributed by atoms with E-state index >= 15 is 0 Å². The standard InChI is InChI=1S/C9H17NO4/c1-3-5-8(11)14-6-7(10)9(12)13-4-2/h7H,3-6,10H2,1-2H3. The van der Waals surface area contributed by atoms with Crippen molar-refractivity contribution in [3.8, 4) is 0 Å². The number of carbonyl (C=O) groups is 2. The highest BCUT2D eigenvalue weighted by Crippen LogP contribution is 1.93. The summed E-state index contributed by atoms with van der Waals surface area (Å²) in [4.78, 5) is 21.9. The minimum absolute atomic E-state index is 0.113. The first kappa shape index (κ1) is 12.9. The molecule has 0 heterocycles. The van der Waals surface area contributed by atoms with Crippen LogP contribution in [-0.2, 0) is 19.1 Å². The average molecular weight is 203 g/mol. The predicted molar refractivity (Wildman–Crippen MR) is 50.5 cm³/mol. The molecule has 0 aliphatic heterocycles. The summed E-state index contributed by atoms with van der Waals surface area (Å²) in [5.74, 6) is -0.885. The topological polar surface area (TPSA) is 78.6 Å². The van der Waals surface area contributed by atoms with Crippen LogP contribution in [0.1, 0.15) is 26.7 Å². The fourth-order valence-corrected chi connectivity index (χ4v) is 0.776. The summed E-state index contributed by atoms with van der Waals surface area (Å²) in [7, 11) is 0. The Bertz CT molecular complexity index is 193. The van der Waals surface area contributed by atoms with E-state index in [-0.39, 0.29) is 19.2 Å². The Hall–Kier alpha value is -1.10. The number of ether oxygens (including phenoxy) is 2. The third-order valence-corrected chi connectivity index (χ3v) is 1.47. The molecule has 2 N–H and O–H groups in total. The van der Waals surface area contributed by atoms with Crippen molar-refractivity contribution in [1.82, 2.24) is 0 Å². The van der Waals surface area contributed by atoms with E-state index in [0.717, 1.165) is 0 Å². The van der Waals surface area contributed by atoms with Crippen molar-refractivity contribution >= 4 is 11.9 Å². The molecule has 0 bridgehead atoms. The van der Waals surface area contributed by atoms with E-state index in [1.54, 1.807) is 6.92 Å². The smallest absolute Gasteiger partial charge is 0.326 e. The van der Waals surface area contributed by atoms with E-state index in [9.17, 15) is 9.59 Å². The summed E-state index contributed by atoms with van der Waals surface area (Å²) < 4.78 is 9.39. The van der Waals surface area contributed by atoms with Crippen LogP contribution in [0.2, 0.25) is 0 Å². The molecule has 0 radical (unpaired) electrons. The highest BCUT2D eigenvalue weighted by Gasteiger charge is 2.16. The summed E-state index contributed by atoms with van der Waals surface area (Å²) in [6.07, 6.45) is 1.06. The SMILES string of the molecule is CCCC(=O)OCC(N)C(=O)OCC. The molecule has 5 nitrogen and oxygen atoms in total. The molecule has 0 aromatic heterocycles. The van der Waals surface area contributed by atoms with Gasteiger partial charge in [-0.3, -0.25) is 9.59 Å². The fourth-order valence-electron chi connectivity index (χ4n) is 0.776. The normalized spacial score (nSPS) is 11.9. The highest BCUT2D eigenvalue weighted by atomic mass is 16.5. The molecule has 0 saturated heterocycles. The predicted octanol–water partition coefficient (Wildman–Crippen LogP) is 0.220. The van der Waals surface area contributed by atoms with E-state index in [1.165, 1.54) is 0 Å². The molecule has 1 atom stereocenters. The first-order chi connectivity index (χ1) is 6.61. The molecule has 0 amide bonds. The van der Waals surface area contributed by atoms with Crippen LogP contribution in [0.4, 0.5) is 0 Å². The second-order valence-corrected chi connectivity index (χ2v) is 2.79. The van der Waals surface area contributed by atoms with Gasteiger partial charge in [0.2, 0.25) is 0 Å². The Balaban J connectivity index is 3.67. The Morgan fingerprint density at radius 1 is 1.29 bits per heavy atom. The Kier molecular flexibility index (Phi) is 6.74. The number of nitrogens with two attached hydrogens (primary N) is 1. The van der Waals surface area contributed by atoms with Crippen LogP contribution in [0, 0.1) is 0 Å². The van der Waals surface area contributed by atoms with Gasteiger partial charge in [-0.2, -0.15) is 0 Å². The van der Waals surface area contributed by atoms with Gasteiger partial charge in [0.05, 0.1) is 6.61 Å². The second kappa shape index (κ2) is 7.32. The zero-order valence-electron chi connectivity index (χ0n) is 8.62. The van der Waals surface area contributed by atoms with Crippen LogP contribution >= 0.6 is 0 Å². The zero-order chi connectivity index (χ0) is 11.0. The van der Waals surface area contributed by atoms with Crippen molar-refractivity contribution in [3.63, 3.8) is 0 Å². The van der Waals surface area contributed by atoms with Gasteiger partial charge >= 0.3 is 11.9 Å². The van der Waals surface area contributed by atoms with Gasteiger partial charge in [0.25, 0.3) is 0 Å². The molecule has 0 aromatic carbocycles. The zero-order valence-corrected chi connectivity index (χ0v) is 8.62. The molecule has 0 saturated carbocycles. The van der Waals surface area contributed by atoms with E-state index in [4.69, 9.17) is 10.5 Å². The molecule has 5 heteroatoms. The van der Waals surface area contributed by atoms with Gasteiger partial charge in [-0.1, -0.05) is 6.92 Å². The lowest BCUT2D eigenvalue weighted by Gasteiger charge is -2.10. The largest absolute Gasteiger partial charge is 0.465 e. The number of carbonyl (C=O) groups excluding carboxylic acids is 2. The van der Waals surface area contributed by atoms with Crippen LogP contribution in [-0.4, -0.2) is 31.2 Å². The molecule has 0 aromatic rings. The van der Waals surface area contributed by atoms with E-state index < -0.39 is 12.0 Å². The lowest BCUT2D eigenvalue weighted by molar-refractivity contribution is -0.150. The first-order valence-electron chi connectivity index (χ1n) is 4.69. The molecular weight excluding hydrogens is 186 g/mol. The van der Waals surface area contributed by atoms with Crippen molar-refractivity contribution in [3.05, 3.63) is 0 Å². The molecule has 14 heavy (non-hydrogen) atoms. The van der Waals surface area contributed by atoms with Crippen LogP contribution in [0.3, 0.4) is 0 Å². The Morgan fingerprint density at radius 3 is 2.43 bits per heavy atom. The monoisotopic (exact) mass is 203 g/mol. The van der Waals surface area contributed by atoms with Crippen LogP contribution in [0.5, 0.6) is 0 Å². The summed E-state index contributed by atoms with van der Waals surface area (Å²) in [6, 6.07) is -0.879. The molecule has 82 valence electrons. The van der Waals surface area contributed by atoms with Gasteiger partial charge in [0.15, 0.2) is 0 Å². The molecule has 0 aliphatic rings. The number of hydrogen-bond donors (Lipinski definition) is 1. The highest BCUT2D eigenvalue weighted by molar-refractivity contribution is 5.76. The molecule has 0 fully saturated rings. The van der Waals surface area contributed by atoms with Gasteiger partial charge in [-0.25, -0.2) is 0 Å². The van der Waals surface area contributed by atoms with Crippen molar-refractivity contribution in [2.75, 3.05) is 13.2 Å². The van der Waals surface area contributed by atoms with E-state index in [2.05, 4.69) is 4.74 Å². The lowest BCUT2D eigenvalue weighted by Crippen LogP contribution is -2.37. The van der Waals surface area contributed by atoms with Crippen LogP contribution in [0.15, 0.2) is 0 Å². The van der Waals surface area contributed by atoms with E-state index in [0.29, 0.717) is 12.8 Å². The van der Waals surface area contributed by atoms with Gasteiger partial charge in [0.1, 0.15) is 12.6 Å².